The minimum absolute atomic E-state index is 0.0180. The van der Waals surface area contributed by atoms with E-state index in [0.29, 0.717) is 37.4 Å². The van der Waals surface area contributed by atoms with Crippen molar-refractivity contribution < 1.29 is 24.2 Å². The molecule has 3 N–H and O–H groups in total. The summed E-state index contributed by atoms with van der Waals surface area (Å²) < 4.78 is 14.6. The highest BCUT2D eigenvalue weighted by atomic mass is 28.3. The molecule has 1 aromatic heterocycles. The second kappa shape index (κ2) is 15.6. The SMILES string of the molecule is C=CCN1C(=O)[C@]2(O[C@H](CCn3cc(C(CO)c4ccccc4)nn3)[C@@H]([Si](C)(C)c3ccc(OC)cc3)[C@@H]2C)c2cc(NC(=O)C3CCCNC3)ccc21. The summed E-state index contributed by atoms with van der Waals surface area (Å²) in [5.74, 6) is 0.0783. The van der Waals surface area contributed by atoms with Gasteiger partial charge in [0, 0.05) is 43.0 Å². The van der Waals surface area contributed by atoms with Crippen LogP contribution in [0.15, 0.2) is 91.6 Å². The van der Waals surface area contributed by atoms with E-state index in [1.807, 2.05) is 71.5 Å². The molecule has 4 heterocycles. The third kappa shape index (κ3) is 6.80. The second-order valence-electron chi connectivity index (χ2n) is 15.5. The highest BCUT2D eigenvalue weighted by molar-refractivity contribution is 6.91. The average Bonchev–Trinajstić information content (AvgIpc) is 3.85. The first kappa shape index (κ1) is 37.7. The minimum Gasteiger partial charge on any atom is -0.497 e. The van der Waals surface area contributed by atoms with Gasteiger partial charge in [0.25, 0.3) is 5.91 Å². The van der Waals surface area contributed by atoms with Crippen molar-refractivity contribution in [1.82, 2.24) is 20.3 Å². The summed E-state index contributed by atoms with van der Waals surface area (Å²) in [4.78, 5) is 30.1. The first-order valence-electron chi connectivity index (χ1n) is 19.1. The zero-order valence-electron chi connectivity index (χ0n) is 31.7. The van der Waals surface area contributed by atoms with E-state index in [9.17, 15) is 14.7 Å². The van der Waals surface area contributed by atoms with Gasteiger partial charge in [-0.3, -0.25) is 14.3 Å². The van der Waals surface area contributed by atoms with Gasteiger partial charge in [0.05, 0.1) is 51.1 Å². The summed E-state index contributed by atoms with van der Waals surface area (Å²) in [6.45, 7) is 13.2. The fraction of sp³-hybridized carbons (Fsp3) is 0.429. The average molecular weight is 749 g/mol. The minimum atomic E-state index is -2.38. The van der Waals surface area contributed by atoms with Gasteiger partial charge in [-0.2, -0.15) is 0 Å². The zero-order chi connectivity index (χ0) is 38.0. The van der Waals surface area contributed by atoms with Gasteiger partial charge in [0.15, 0.2) is 5.60 Å². The summed E-state index contributed by atoms with van der Waals surface area (Å²) in [6.07, 6.45) is 5.75. The van der Waals surface area contributed by atoms with Crippen molar-refractivity contribution in [3.8, 4) is 5.75 Å². The van der Waals surface area contributed by atoms with Crippen molar-refractivity contribution in [2.24, 2.45) is 11.8 Å². The number of aliphatic hydroxyl groups excluding tert-OH is 1. The molecule has 54 heavy (non-hydrogen) atoms. The smallest absolute Gasteiger partial charge is 0.264 e. The number of fused-ring (bicyclic) bond motifs is 2. The zero-order valence-corrected chi connectivity index (χ0v) is 32.7. The second-order valence-corrected chi connectivity index (χ2v) is 20.2. The molecule has 0 bridgehead atoms. The molecule has 3 aromatic carbocycles. The predicted molar refractivity (Wildman–Crippen MR) is 213 cm³/mol. The third-order valence-corrected chi connectivity index (χ3v) is 16.4. The molecule has 3 aliphatic heterocycles. The highest BCUT2D eigenvalue weighted by Gasteiger charge is 2.66. The molecular weight excluding hydrogens is 697 g/mol. The Balaban J connectivity index is 1.25. The number of benzene rings is 3. The van der Waals surface area contributed by atoms with Crippen molar-refractivity contribution in [2.45, 2.75) is 69.0 Å². The number of amides is 2. The highest BCUT2D eigenvalue weighted by Crippen LogP contribution is 2.60. The maximum Gasteiger partial charge on any atom is 0.264 e. The number of carbonyl (C=O) groups excluding carboxylic acids is 2. The number of carbonyl (C=O) groups is 2. The van der Waals surface area contributed by atoms with Crippen LogP contribution in [-0.2, 0) is 26.5 Å². The van der Waals surface area contributed by atoms with Gasteiger partial charge >= 0.3 is 0 Å². The van der Waals surface area contributed by atoms with E-state index >= 15 is 0 Å². The van der Waals surface area contributed by atoms with Crippen molar-refractivity contribution in [1.29, 1.82) is 0 Å². The van der Waals surface area contributed by atoms with Crippen molar-refractivity contribution >= 4 is 36.4 Å². The van der Waals surface area contributed by atoms with Crippen LogP contribution in [0.5, 0.6) is 5.75 Å². The lowest BCUT2D eigenvalue weighted by Gasteiger charge is -2.37. The Bertz CT molecular complexity index is 1960. The molecule has 1 spiro atoms. The standard InChI is InChI=1S/C42H52N6O5Si/c1-6-22-48-37-19-14-31(44-40(50)30-13-10-21-43-25-30)24-35(37)42(41(48)51)28(2)39(54(4,5)33-17-15-32(52-3)16-18-33)38(53-42)20-23-47-26-36(45-46-47)34(27-49)29-11-8-7-9-12-29/h6-9,11-12,14-19,24,26,28,30,34,38-39,43,49H,1,10,13,20-23,25,27H2,2-5H3,(H,44,50)/t28-,30?,34?,38+,39-,42+/m0/s1. The van der Waals surface area contributed by atoms with Gasteiger partial charge in [-0.05, 0) is 67.2 Å². The van der Waals surface area contributed by atoms with Crippen LogP contribution in [0.2, 0.25) is 18.6 Å². The number of hydrogen-bond acceptors (Lipinski definition) is 8. The number of rotatable bonds is 13. The molecule has 2 fully saturated rings. The van der Waals surface area contributed by atoms with Crippen LogP contribution in [0.3, 0.4) is 0 Å². The summed E-state index contributed by atoms with van der Waals surface area (Å²) in [5, 5.41) is 27.0. The van der Waals surface area contributed by atoms with Crippen LogP contribution in [0.1, 0.15) is 48.9 Å². The number of aliphatic hydroxyl groups is 1. The number of hydrogen-bond donors (Lipinski definition) is 3. The monoisotopic (exact) mass is 748 g/mol. The molecule has 2 unspecified atom stereocenters. The number of aryl methyl sites for hydroxylation is 1. The Morgan fingerprint density at radius 3 is 2.65 bits per heavy atom. The summed E-state index contributed by atoms with van der Waals surface area (Å²) >= 11 is 0. The molecule has 11 nitrogen and oxygen atoms in total. The molecular formula is C42H52N6O5Si. The van der Waals surface area contributed by atoms with E-state index in [2.05, 4.69) is 59.7 Å². The van der Waals surface area contributed by atoms with E-state index in [4.69, 9.17) is 9.47 Å². The van der Waals surface area contributed by atoms with Crippen LogP contribution in [0.4, 0.5) is 11.4 Å². The molecule has 284 valence electrons. The Morgan fingerprint density at radius 1 is 1.19 bits per heavy atom. The fourth-order valence-electron chi connectivity index (χ4n) is 9.19. The lowest BCUT2D eigenvalue weighted by atomic mass is 9.82. The lowest BCUT2D eigenvalue weighted by molar-refractivity contribution is -0.145. The topological polar surface area (TPSA) is 131 Å². The first-order valence-corrected chi connectivity index (χ1v) is 22.2. The van der Waals surface area contributed by atoms with E-state index in [1.165, 1.54) is 5.19 Å². The first-order chi connectivity index (χ1) is 26.1. The molecule has 6 atom stereocenters. The normalized spacial score (nSPS) is 24.4. The number of anilines is 2. The van der Waals surface area contributed by atoms with E-state index in [0.717, 1.165) is 42.0 Å². The Morgan fingerprint density at radius 2 is 1.96 bits per heavy atom. The van der Waals surface area contributed by atoms with Gasteiger partial charge < -0.3 is 30.1 Å². The van der Waals surface area contributed by atoms with Gasteiger partial charge in [-0.1, -0.05) is 79.0 Å². The molecule has 2 saturated heterocycles. The maximum atomic E-state index is 14.9. The van der Waals surface area contributed by atoms with Crippen molar-refractivity contribution in [3.63, 3.8) is 0 Å². The van der Waals surface area contributed by atoms with Gasteiger partial charge in [0.1, 0.15) is 5.75 Å². The maximum absolute atomic E-state index is 14.9. The molecule has 0 saturated carbocycles. The van der Waals surface area contributed by atoms with Gasteiger partial charge in [-0.25, -0.2) is 0 Å². The van der Waals surface area contributed by atoms with Crippen molar-refractivity contribution in [2.75, 3.05) is 43.6 Å². The Hall–Kier alpha value is -4.62. The van der Waals surface area contributed by atoms with E-state index in [-0.39, 0.29) is 47.8 Å². The van der Waals surface area contributed by atoms with Crippen LogP contribution in [0.25, 0.3) is 0 Å². The Labute approximate surface area is 318 Å². The van der Waals surface area contributed by atoms with Crippen LogP contribution in [-0.4, -0.2) is 79.4 Å². The predicted octanol–water partition coefficient (Wildman–Crippen LogP) is 5.19. The quantitative estimate of drug-likeness (QED) is 0.126. The molecule has 12 heteroatoms. The number of aromatic nitrogens is 3. The largest absolute Gasteiger partial charge is 0.497 e. The number of ether oxygens (including phenoxy) is 2. The van der Waals surface area contributed by atoms with Crippen molar-refractivity contribution in [3.05, 3.63) is 108 Å². The lowest BCUT2D eigenvalue weighted by Crippen LogP contribution is -2.52. The number of nitrogens with zero attached hydrogens (tertiary/aromatic N) is 4. The number of piperidine rings is 1. The van der Waals surface area contributed by atoms with Crippen LogP contribution < -0.4 is 25.5 Å². The summed E-state index contributed by atoms with van der Waals surface area (Å²) in [7, 11) is -0.713. The van der Waals surface area contributed by atoms with Crippen LogP contribution >= 0.6 is 0 Å². The molecule has 7 rings (SSSR count). The summed E-state index contributed by atoms with van der Waals surface area (Å²) in [5.41, 5.74) is 2.66. The van der Waals surface area contributed by atoms with E-state index in [1.54, 1.807) is 18.1 Å². The molecule has 4 aromatic rings. The van der Waals surface area contributed by atoms with Crippen LogP contribution in [0, 0.1) is 11.8 Å². The fourth-order valence-corrected chi connectivity index (χ4v) is 13.2. The number of methoxy groups -OCH3 is 1. The van der Waals surface area contributed by atoms with E-state index < -0.39 is 13.7 Å². The summed E-state index contributed by atoms with van der Waals surface area (Å²) in [6, 6.07) is 23.9. The van der Waals surface area contributed by atoms with Gasteiger partial charge in [-0.15, -0.1) is 11.7 Å². The Kier molecular flexibility index (Phi) is 10.9. The van der Waals surface area contributed by atoms with Gasteiger partial charge in [0.2, 0.25) is 5.91 Å². The molecule has 0 radical (unpaired) electrons. The molecule has 2 amide bonds. The molecule has 0 aliphatic carbocycles. The number of nitrogens with one attached hydrogen (secondary N) is 2. The molecule has 3 aliphatic rings. The third-order valence-electron chi connectivity index (χ3n) is 12.0.